The molecule has 14 heteroatoms. The van der Waals surface area contributed by atoms with E-state index in [9.17, 15) is 27.6 Å². The summed E-state index contributed by atoms with van der Waals surface area (Å²) >= 11 is 0. The Labute approximate surface area is 209 Å². The Balaban J connectivity index is 0.000000604. The first-order chi connectivity index (χ1) is 17.5. The Morgan fingerprint density at radius 2 is 1.76 bits per heavy atom. The van der Waals surface area contributed by atoms with Gasteiger partial charge in [-0.3, -0.25) is 19.4 Å². The van der Waals surface area contributed by atoms with Crippen molar-refractivity contribution in [2.24, 2.45) is 0 Å². The fourth-order valence-corrected chi connectivity index (χ4v) is 3.28. The molecule has 1 fully saturated rings. The molecule has 3 rings (SSSR count). The van der Waals surface area contributed by atoms with Crippen LogP contribution in [0.5, 0.6) is 0 Å². The number of carboxylic acid groups (broad SMARTS) is 2. The van der Waals surface area contributed by atoms with E-state index in [1.54, 1.807) is 30.5 Å². The zero-order valence-corrected chi connectivity index (χ0v) is 19.5. The molecule has 1 aromatic carbocycles. The lowest BCUT2D eigenvalue weighted by atomic mass is 10.1. The van der Waals surface area contributed by atoms with Gasteiger partial charge < -0.3 is 31.1 Å². The van der Waals surface area contributed by atoms with E-state index in [4.69, 9.17) is 15.0 Å². The Hall–Kier alpha value is -4.20. The number of pyridine rings is 1. The number of hydrogen-bond acceptors (Lipinski definition) is 7. The Kier molecular flexibility index (Phi) is 10.8. The molecule has 2 aromatic rings. The fraction of sp³-hybridized carbons (Fsp3) is 0.348. The molecule has 1 aliphatic rings. The molecule has 5 N–H and O–H groups in total. The van der Waals surface area contributed by atoms with Gasteiger partial charge in [-0.15, -0.1) is 0 Å². The van der Waals surface area contributed by atoms with Gasteiger partial charge in [0.2, 0.25) is 5.91 Å². The molecule has 0 unspecified atom stereocenters. The van der Waals surface area contributed by atoms with Gasteiger partial charge in [-0.25, -0.2) is 4.79 Å². The number of nitrogens with one attached hydrogen (secondary N) is 3. The van der Waals surface area contributed by atoms with E-state index < -0.39 is 30.1 Å². The topological polar surface area (TPSA) is 161 Å². The third-order valence-corrected chi connectivity index (χ3v) is 5.04. The summed E-state index contributed by atoms with van der Waals surface area (Å²) in [4.78, 5) is 51.0. The number of amides is 2. The van der Waals surface area contributed by atoms with E-state index in [1.165, 1.54) is 6.20 Å². The molecule has 11 nitrogen and oxygen atoms in total. The van der Waals surface area contributed by atoms with Crippen LogP contribution in [0.4, 0.5) is 18.9 Å². The summed E-state index contributed by atoms with van der Waals surface area (Å²) < 4.78 is 31.7. The van der Waals surface area contributed by atoms with Crippen LogP contribution in [-0.2, 0) is 14.4 Å². The molecule has 2 amide bonds. The Morgan fingerprint density at radius 1 is 1.08 bits per heavy atom. The highest BCUT2D eigenvalue weighted by atomic mass is 19.4. The maximum atomic E-state index is 12.5. The zero-order chi connectivity index (χ0) is 27.4. The van der Waals surface area contributed by atoms with Gasteiger partial charge in [-0.2, -0.15) is 13.2 Å². The average Bonchev–Trinajstić information content (AvgIpc) is 2.87. The van der Waals surface area contributed by atoms with Gasteiger partial charge in [0.25, 0.3) is 5.91 Å². The van der Waals surface area contributed by atoms with Crippen molar-refractivity contribution < 1.29 is 42.6 Å². The van der Waals surface area contributed by atoms with E-state index >= 15 is 0 Å². The van der Waals surface area contributed by atoms with Crippen LogP contribution in [0.3, 0.4) is 0 Å². The number of halogens is 3. The molecule has 1 aromatic heterocycles. The lowest BCUT2D eigenvalue weighted by Gasteiger charge is -2.29. The number of piperazine rings is 1. The van der Waals surface area contributed by atoms with Gasteiger partial charge in [0.15, 0.2) is 0 Å². The highest BCUT2D eigenvalue weighted by molar-refractivity contribution is 5.97. The third-order valence-electron chi connectivity index (χ3n) is 5.04. The second kappa shape index (κ2) is 13.8. The quantitative estimate of drug-likeness (QED) is 0.341. The summed E-state index contributed by atoms with van der Waals surface area (Å²) in [5.74, 6) is -4.64. The molecule has 0 bridgehead atoms. The molecule has 0 spiro atoms. The first-order valence-electron chi connectivity index (χ1n) is 11.0. The molecular formula is C23H26F3N5O6. The van der Waals surface area contributed by atoms with E-state index in [0.29, 0.717) is 11.1 Å². The van der Waals surface area contributed by atoms with Crippen molar-refractivity contribution in [3.63, 3.8) is 0 Å². The highest BCUT2D eigenvalue weighted by Gasteiger charge is 2.38. The summed E-state index contributed by atoms with van der Waals surface area (Å²) in [7, 11) is 0. The second-order valence-corrected chi connectivity index (χ2v) is 7.78. The number of rotatable bonds is 8. The van der Waals surface area contributed by atoms with Crippen LogP contribution in [-0.4, -0.2) is 77.9 Å². The number of carboxylic acids is 2. The Morgan fingerprint density at radius 3 is 2.32 bits per heavy atom. The van der Waals surface area contributed by atoms with Crippen molar-refractivity contribution in [2.75, 3.05) is 37.6 Å². The summed E-state index contributed by atoms with van der Waals surface area (Å²) in [6.45, 7) is 3.27. The van der Waals surface area contributed by atoms with Crippen molar-refractivity contribution >= 4 is 29.4 Å². The van der Waals surface area contributed by atoms with E-state index in [1.807, 2.05) is 12.1 Å². The van der Waals surface area contributed by atoms with Crippen LogP contribution in [0.15, 0.2) is 48.8 Å². The molecule has 1 aliphatic heterocycles. The third kappa shape index (κ3) is 10.1. The minimum absolute atomic E-state index is 0.257. The minimum atomic E-state index is -5.08. The summed E-state index contributed by atoms with van der Waals surface area (Å²) in [5, 5.41) is 24.8. The number of carbonyl (C=O) groups is 4. The number of aliphatic carboxylic acids is 2. The van der Waals surface area contributed by atoms with E-state index in [-0.39, 0.29) is 18.9 Å². The zero-order valence-electron chi connectivity index (χ0n) is 19.5. The SMILES string of the molecule is O=C(O)C(F)(F)F.O=C(O)C[C@H](NC(=O)CNC(=O)c1cccc(N2CCNCC2)c1)c1cccnc1. The maximum Gasteiger partial charge on any atom is 0.490 e. The first-order valence-corrected chi connectivity index (χ1v) is 11.0. The predicted octanol–water partition coefficient (Wildman–Crippen LogP) is 1.19. The van der Waals surface area contributed by atoms with Gasteiger partial charge in [0.05, 0.1) is 19.0 Å². The number of carbonyl (C=O) groups excluding carboxylic acids is 2. The smallest absolute Gasteiger partial charge is 0.481 e. The number of aromatic nitrogens is 1. The van der Waals surface area contributed by atoms with Gasteiger partial charge in [-0.05, 0) is 29.8 Å². The Bertz CT molecular complexity index is 1080. The van der Waals surface area contributed by atoms with Crippen molar-refractivity contribution in [1.29, 1.82) is 0 Å². The molecule has 2 heterocycles. The van der Waals surface area contributed by atoms with Crippen LogP contribution in [0.25, 0.3) is 0 Å². The van der Waals surface area contributed by atoms with Crippen LogP contribution in [0.1, 0.15) is 28.4 Å². The molecule has 0 radical (unpaired) electrons. The molecule has 0 saturated carbocycles. The molecular weight excluding hydrogens is 499 g/mol. The van der Waals surface area contributed by atoms with Crippen LogP contribution >= 0.6 is 0 Å². The number of benzene rings is 1. The van der Waals surface area contributed by atoms with Crippen molar-refractivity contribution in [1.82, 2.24) is 20.9 Å². The average molecular weight is 525 g/mol. The molecule has 1 saturated heterocycles. The summed E-state index contributed by atoms with van der Waals surface area (Å²) in [6.07, 6.45) is -2.29. The van der Waals surface area contributed by atoms with Crippen LogP contribution < -0.4 is 20.9 Å². The number of nitrogens with zero attached hydrogens (tertiary/aromatic N) is 2. The van der Waals surface area contributed by atoms with Crippen LogP contribution in [0.2, 0.25) is 0 Å². The lowest BCUT2D eigenvalue weighted by molar-refractivity contribution is -0.192. The highest BCUT2D eigenvalue weighted by Crippen LogP contribution is 2.17. The molecule has 1 atom stereocenters. The lowest BCUT2D eigenvalue weighted by Crippen LogP contribution is -2.43. The molecule has 37 heavy (non-hydrogen) atoms. The summed E-state index contributed by atoms with van der Waals surface area (Å²) in [5.41, 5.74) is 2.02. The van der Waals surface area contributed by atoms with E-state index in [0.717, 1.165) is 31.9 Å². The first kappa shape index (κ1) is 29.0. The second-order valence-electron chi connectivity index (χ2n) is 7.78. The number of anilines is 1. The number of alkyl halides is 3. The number of hydrogen-bond donors (Lipinski definition) is 5. The predicted molar refractivity (Wildman–Crippen MR) is 125 cm³/mol. The van der Waals surface area contributed by atoms with Crippen molar-refractivity contribution in [3.8, 4) is 0 Å². The molecule has 200 valence electrons. The van der Waals surface area contributed by atoms with Crippen LogP contribution in [0, 0.1) is 0 Å². The van der Waals surface area contributed by atoms with Crippen molar-refractivity contribution in [2.45, 2.75) is 18.6 Å². The molecule has 0 aliphatic carbocycles. The minimum Gasteiger partial charge on any atom is -0.481 e. The van der Waals surface area contributed by atoms with E-state index in [2.05, 4.69) is 25.8 Å². The normalized spacial score (nSPS) is 14.0. The fourth-order valence-electron chi connectivity index (χ4n) is 3.28. The van der Waals surface area contributed by atoms with Gasteiger partial charge in [0, 0.05) is 49.8 Å². The van der Waals surface area contributed by atoms with Gasteiger partial charge in [-0.1, -0.05) is 12.1 Å². The van der Waals surface area contributed by atoms with Crippen molar-refractivity contribution in [3.05, 3.63) is 59.9 Å². The standard InChI is InChI=1S/C21H25N5O4.C2HF3O2/c27-19(25-18(12-20(28)29)16-4-2-6-23-13-16)14-24-21(30)15-3-1-5-17(11-15)26-9-7-22-8-10-26;3-2(4,5)1(6)7/h1-6,11,13,18,22H,7-10,12,14H2,(H,24,30)(H,25,27)(H,28,29);(H,6,7)/t18-;/m0./s1. The maximum absolute atomic E-state index is 12.5. The largest absolute Gasteiger partial charge is 0.490 e. The van der Waals surface area contributed by atoms with Gasteiger partial charge >= 0.3 is 18.1 Å². The van der Waals surface area contributed by atoms with Gasteiger partial charge in [0.1, 0.15) is 0 Å². The monoisotopic (exact) mass is 525 g/mol. The summed E-state index contributed by atoms with van der Waals surface area (Å²) in [6, 6.07) is 9.92.